The van der Waals surface area contributed by atoms with Crippen molar-refractivity contribution in [2.75, 3.05) is 0 Å². The molecule has 12 aromatic rings. The molecule has 0 radical (unpaired) electrons. The van der Waals surface area contributed by atoms with E-state index in [9.17, 15) is 0 Å². The minimum Gasteiger partial charge on any atom is -0.309 e. The fraction of sp³-hybridized carbons (Fsp3) is 0. The van der Waals surface area contributed by atoms with E-state index in [1.807, 2.05) is 29.7 Å². The normalized spacial score (nSPS) is 12.0. The molecular weight excluding hydrogens is 691 g/mol. The van der Waals surface area contributed by atoms with E-state index in [0.29, 0.717) is 5.95 Å². The second-order valence-electron chi connectivity index (χ2n) is 14.1. The van der Waals surface area contributed by atoms with Crippen LogP contribution in [0, 0.1) is 0 Å². The summed E-state index contributed by atoms with van der Waals surface area (Å²) in [7, 11) is 0. The number of rotatable bonds is 4. The van der Waals surface area contributed by atoms with Gasteiger partial charge in [-0.05, 0) is 66.7 Å². The average molecular weight is 720 g/mol. The lowest BCUT2D eigenvalue weighted by Crippen LogP contribution is -2.04. The molecule has 0 spiro atoms. The molecule has 0 aliphatic heterocycles. The molecule has 0 fully saturated rings. The zero-order chi connectivity index (χ0) is 36.0. The molecule has 256 valence electrons. The number of benzene rings is 7. The number of fused-ring (bicyclic) bond motifs is 10. The van der Waals surface area contributed by atoms with E-state index in [1.54, 1.807) is 0 Å². The second-order valence-corrected chi connectivity index (χ2v) is 15.2. The molecule has 0 N–H and O–H groups in total. The summed E-state index contributed by atoms with van der Waals surface area (Å²) >= 11 is 1.83. The first-order valence-corrected chi connectivity index (χ1v) is 19.2. The van der Waals surface area contributed by atoms with Gasteiger partial charge in [0.25, 0.3) is 0 Å². The average Bonchev–Trinajstić information content (AvgIpc) is 3.90. The summed E-state index contributed by atoms with van der Waals surface area (Å²) in [5.74, 6) is 0.634. The Balaban J connectivity index is 1.16. The maximum atomic E-state index is 5.42. The molecule has 0 aliphatic carbocycles. The van der Waals surface area contributed by atoms with Gasteiger partial charge in [-0.25, -0.2) is 9.97 Å². The van der Waals surface area contributed by atoms with Crippen LogP contribution in [0.4, 0.5) is 0 Å². The van der Waals surface area contributed by atoms with Gasteiger partial charge in [0.1, 0.15) is 0 Å². The number of para-hydroxylation sites is 2. The van der Waals surface area contributed by atoms with Crippen molar-refractivity contribution in [3.05, 3.63) is 176 Å². The second kappa shape index (κ2) is 11.7. The van der Waals surface area contributed by atoms with Crippen LogP contribution in [0.25, 0.3) is 109 Å². The van der Waals surface area contributed by atoms with Crippen LogP contribution in [-0.4, -0.2) is 24.1 Å². The first kappa shape index (κ1) is 30.3. The number of hydrogen-bond donors (Lipinski definition) is 0. The SMILES string of the molecule is c1ccc(-c2cc(-c3ccc4sc5ccccc5c4c3)nc(-n3c4ccccc4c4cc5c6ccccc6n(-c6ccc7cccnc7c6)c5cc43)n2)cc1. The third-order valence-electron chi connectivity index (χ3n) is 11.0. The van der Waals surface area contributed by atoms with Crippen molar-refractivity contribution in [1.29, 1.82) is 0 Å². The van der Waals surface area contributed by atoms with Gasteiger partial charge in [0, 0.05) is 70.1 Å². The first-order chi connectivity index (χ1) is 27.2. The Morgan fingerprint density at radius 2 is 1.07 bits per heavy atom. The van der Waals surface area contributed by atoms with Gasteiger partial charge in [-0.15, -0.1) is 11.3 Å². The molecule has 5 aromatic heterocycles. The molecule has 0 saturated carbocycles. The standard InChI is InChI=1S/C49H29N5S/c1-2-11-30(12-3-1)41-28-42(32-21-23-48-39(25-32)36-16-6-9-19-47(36)55-48)52-49(51-41)54-44-18-8-5-15-35(44)38-27-37-34-14-4-7-17-43(34)53(45(37)29-46(38)54)33-22-20-31-13-10-24-50-40(31)26-33/h1-29H. The number of aromatic nitrogens is 5. The number of nitrogens with zero attached hydrogens (tertiary/aromatic N) is 5. The molecular formula is C49H29N5S. The highest BCUT2D eigenvalue weighted by Gasteiger charge is 2.21. The molecule has 0 amide bonds. The largest absolute Gasteiger partial charge is 0.309 e. The van der Waals surface area contributed by atoms with E-state index in [1.165, 1.54) is 30.9 Å². The lowest BCUT2D eigenvalue weighted by Gasteiger charge is -2.12. The zero-order valence-corrected chi connectivity index (χ0v) is 30.2. The van der Waals surface area contributed by atoms with Crippen molar-refractivity contribution in [1.82, 2.24) is 24.1 Å². The van der Waals surface area contributed by atoms with Gasteiger partial charge in [0.15, 0.2) is 0 Å². The van der Waals surface area contributed by atoms with Gasteiger partial charge in [-0.3, -0.25) is 9.55 Å². The summed E-state index contributed by atoms with van der Waals surface area (Å²) in [4.78, 5) is 15.5. The fourth-order valence-corrected chi connectivity index (χ4v) is 9.53. The van der Waals surface area contributed by atoms with Crippen molar-refractivity contribution in [3.63, 3.8) is 0 Å². The summed E-state index contributed by atoms with van der Waals surface area (Å²) in [5.41, 5.74) is 10.3. The topological polar surface area (TPSA) is 48.5 Å². The predicted octanol–water partition coefficient (Wildman–Crippen LogP) is 12.9. The molecule has 6 heteroatoms. The van der Waals surface area contributed by atoms with Crippen LogP contribution >= 0.6 is 11.3 Å². The Hall–Kier alpha value is -7.15. The molecule has 0 bridgehead atoms. The third kappa shape index (κ3) is 4.62. The van der Waals surface area contributed by atoms with Crippen LogP contribution in [0.1, 0.15) is 0 Å². The van der Waals surface area contributed by atoms with Gasteiger partial charge < -0.3 is 4.57 Å². The van der Waals surface area contributed by atoms with Crippen molar-refractivity contribution in [2.24, 2.45) is 0 Å². The van der Waals surface area contributed by atoms with Crippen molar-refractivity contribution in [3.8, 4) is 34.2 Å². The molecule has 0 aliphatic rings. The van der Waals surface area contributed by atoms with E-state index in [0.717, 1.165) is 71.9 Å². The Morgan fingerprint density at radius 1 is 0.400 bits per heavy atom. The summed E-state index contributed by atoms with van der Waals surface area (Å²) in [6.45, 7) is 0. The Labute approximate surface area is 319 Å². The number of pyridine rings is 1. The van der Waals surface area contributed by atoms with E-state index in [2.05, 4.69) is 167 Å². The highest BCUT2D eigenvalue weighted by atomic mass is 32.1. The number of hydrogen-bond acceptors (Lipinski definition) is 4. The van der Waals surface area contributed by atoms with E-state index in [4.69, 9.17) is 15.0 Å². The van der Waals surface area contributed by atoms with Crippen molar-refractivity contribution < 1.29 is 0 Å². The molecule has 55 heavy (non-hydrogen) atoms. The molecule has 5 heterocycles. The fourth-order valence-electron chi connectivity index (χ4n) is 8.44. The molecule has 12 rings (SSSR count). The van der Waals surface area contributed by atoms with E-state index in [-0.39, 0.29) is 0 Å². The minimum atomic E-state index is 0.634. The van der Waals surface area contributed by atoms with Crippen LogP contribution in [0.3, 0.4) is 0 Å². The van der Waals surface area contributed by atoms with Gasteiger partial charge in [-0.2, -0.15) is 0 Å². The molecule has 5 nitrogen and oxygen atoms in total. The molecule has 0 saturated heterocycles. The minimum absolute atomic E-state index is 0.634. The maximum Gasteiger partial charge on any atom is 0.235 e. The molecule has 0 atom stereocenters. The van der Waals surface area contributed by atoms with Crippen LogP contribution < -0.4 is 0 Å². The number of thiophene rings is 1. The predicted molar refractivity (Wildman–Crippen MR) is 230 cm³/mol. The Kier molecular flexibility index (Phi) is 6.44. The smallest absolute Gasteiger partial charge is 0.235 e. The lowest BCUT2D eigenvalue weighted by atomic mass is 10.0. The van der Waals surface area contributed by atoms with Crippen molar-refractivity contribution in [2.45, 2.75) is 0 Å². The van der Waals surface area contributed by atoms with Gasteiger partial charge in [0.05, 0.1) is 39.0 Å². The van der Waals surface area contributed by atoms with Crippen LogP contribution in [-0.2, 0) is 0 Å². The van der Waals surface area contributed by atoms with Crippen LogP contribution in [0.15, 0.2) is 176 Å². The third-order valence-corrected chi connectivity index (χ3v) is 12.1. The van der Waals surface area contributed by atoms with E-state index >= 15 is 0 Å². The van der Waals surface area contributed by atoms with E-state index < -0.39 is 0 Å². The first-order valence-electron chi connectivity index (χ1n) is 18.4. The molecule has 7 aromatic carbocycles. The summed E-state index contributed by atoms with van der Waals surface area (Å²) < 4.78 is 7.18. The maximum absolute atomic E-state index is 5.42. The zero-order valence-electron chi connectivity index (χ0n) is 29.4. The van der Waals surface area contributed by atoms with Crippen molar-refractivity contribution >= 4 is 86.0 Å². The van der Waals surface area contributed by atoms with Gasteiger partial charge >= 0.3 is 0 Å². The van der Waals surface area contributed by atoms with Crippen LogP contribution in [0.2, 0.25) is 0 Å². The monoisotopic (exact) mass is 719 g/mol. The Morgan fingerprint density at radius 3 is 1.89 bits per heavy atom. The summed E-state index contributed by atoms with van der Waals surface area (Å²) in [5, 5.41) is 8.36. The highest BCUT2D eigenvalue weighted by molar-refractivity contribution is 7.25. The summed E-state index contributed by atoms with van der Waals surface area (Å²) in [6.07, 6.45) is 1.86. The van der Waals surface area contributed by atoms with Gasteiger partial charge in [0.2, 0.25) is 5.95 Å². The summed E-state index contributed by atoms with van der Waals surface area (Å²) in [6, 6.07) is 60.6. The molecule has 0 unspecified atom stereocenters. The lowest BCUT2D eigenvalue weighted by molar-refractivity contribution is 0.996. The highest BCUT2D eigenvalue weighted by Crippen LogP contribution is 2.41. The Bertz CT molecular complexity index is 3500. The van der Waals surface area contributed by atoms with Crippen LogP contribution in [0.5, 0.6) is 0 Å². The quantitative estimate of drug-likeness (QED) is 0.182. The van der Waals surface area contributed by atoms with Gasteiger partial charge in [-0.1, -0.05) is 103 Å².